The summed E-state index contributed by atoms with van der Waals surface area (Å²) in [5.41, 5.74) is 1.07. The van der Waals surface area contributed by atoms with Gasteiger partial charge in [0.05, 0.1) is 5.69 Å². The summed E-state index contributed by atoms with van der Waals surface area (Å²) in [5, 5.41) is 6.43. The van der Waals surface area contributed by atoms with Gasteiger partial charge in [0, 0.05) is 31.8 Å². The van der Waals surface area contributed by atoms with Crippen LogP contribution in [0.1, 0.15) is 13.3 Å². The fraction of sp³-hybridized carbons (Fsp3) is 0.385. The summed E-state index contributed by atoms with van der Waals surface area (Å²) in [4.78, 5) is 14.1. The second-order valence-corrected chi connectivity index (χ2v) is 5.05. The van der Waals surface area contributed by atoms with E-state index in [0.717, 1.165) is 24.5 Å². The number of benzene rings is 1. The molecule has 1 aliphatic heterocycles. The van der Waals surface area contributed by atoms with Crippen LogP contribution in [0.3, 0.4) is 0 Å². The molecule has 1 aromatic carbocycles. The Morgan fingerprint density at radius 2 is 2.06 bits per heavy atom. The van der Waals surface area contributed by atoms with E-state index in [-0.39, 0.29) is 5.91 Å². The molecule has 0 saturated heterocycles. The second kappa shape index (κ2) is 5.44. The molecular weight excluding hydrogens is 246 g/mol. The lowest BCUT2D eigenvalue weighted by Crippen LogP contribution is -2.29. The van der Waals surface area contributed by atoms with E-state index in [4.69, 9.17) is 0 Å². The number of carbonyl (C=O) groups excluding carboxylic acids is 1. The first kappa shape index (κ1) is 13.0. The van der Waals surface area contributed by atoms with E-state index in [0.29, 0.717) is 0 Å². The van der Waals surface area contributed by atoms with Crippen molar-refractivity contribution in [2.45, 2.75) is 18.2 Å². The number of amides is 1. The average Bonchev–Trinajstić information content (AvgIpc) is 2.87. The predicted octanol–water partition coefficient (Wildman–Crippen LogP) is 2.41. The molecule has 0 unspecified atom stereocenters. The van der Waals surface area contributed by atoms with Crippen LogP contribution in [0, 0.1) is 0 Å². The Hall–Kier alpha value is -1.49. The van der Waals surface area contributed by atoms with Gasteiger partial charge in [-0.05, 0) is 30.5 Å². The highest BCUT2D eigenvalue weighted by atomic mass is 32.2. The summed E-state index contributed by atoms with van der Waals surface area (Å²) in [7, 11) is 1.77. The maximum atomic E-state index is 11.3. The third-order valence-corrected chi connectivity index (χ3v) is 3.76. The molecule has 0 aromatic heterocycles. The number of thioether (sulfide) groups is 1. The Morgan fingerprint density at radius 3 is 2.61 bits per heavy atom. The molecule has 0 spiro atoms. The minimum atomic E-state index is 0.0216. The summed E-state index contributed by atoms with van der Waals surface area (Å²) in [6.07, 6.45) is 2.86. The first-order valence-electron chi connectivity index (χ1n) is 5.85. The van der Waals surface area contributed by atoms with Gasteiger partial charge < -0.3 is 4.90 Å². The van der Waals surface area contributed by atoms with Crippen molar-refractivity contribution in [3.8, 4) is 0 Å². The van der Waals surface area contributed by atoms with Crippen molar-refractivity contribution in [2.75, 3.05) is 24.9 Å². The van der Waals surface area contributed by atoms with Gasteiger partial charge in [0.25, 0.3) is 0 Å². The first-order chi connectivity index (χ1) is 8.61. The van der Waals surface area contributed by atoms with Crippen LogP contribution in [-0.4, -0.2) is 36.5 Å². The van der Waals surface area contributed by atoms with Gasteiger partial charge >= 0.3 is 0 Å². The lowest BCUT2D eigenvalue weighted by atomic mass is 10.3. The maximum Gasteiger partial charge on any atom is 0.224 e. The first-order valence-corrected chi connectivity index (χ1v) is 7.07. The number of rotatable bonds is 2. The van der Waals surface area contributed by atoms with Crippen LogP contribution in [0.5, 0.6) is 0 Å². The largest absolute Gasteiger partial charge is 0.302 e. The highest BCUT2D eigenvalue weighted by Gasteiger charge is 2.20. The SMILES string of the molecule is CSc1ccc(N2CCC(N(C)C(C)=O)=N2)cc1. The highest BCUT2D eigenvalue weighted by Crippen LogP contribution is 2.23. The number of amidine groups is 1. The van der Waals surface area contributed by atoms with E-state index in [1.165, 1.54) is 4.90 Å². The van der Waals surface area contributed by atoms with Crippen molar-refractivity contribution in [1.29, 1.82) is 0 Å². The average molecular weight is 263 g/mol. The summed E-state index contributed by atoms with van der Waals surface area (Å²) in [6, 6.07) is 8.29. The van der Waals surface area contributed by atoms with Crippen LogP contribution in [0.2, 0.25) is 0 Å². The Labute approximate surface area is 112 Å². The number of carbonyl (C=O) groups is 1. The molecule has 0 saturated carbocycles. The van der Waals surface area contributed by atoms with Crippen LogP contribution < -0.4 is 5.01 Å². The van der Waals surface area contributed by atoms with E-state index in [2.05, 4.69) is 35.6 Å². The third kappa shape index (κ3) is 2.67. The van der Waals surface area contributed by atoms with Gasteiger partial charge in [-0.3, -0.25) is 9.80 Å². The minimum absolute atomic E-state index is 0.0216. The monoisotopic (exact) mass is 263 g/mol. The molecule has 1 aromatic rings. The smallest absolute Gasteiger partial charge is 0.224 e. The maximum absolute atomic E-state index is 11.3. The van der Waals surface area contributed by atoms with Crippen LogP contribution >= 0.6 is 11.8 Å². The number of hydrogen-bond acceptors (Lipinski definition) is 4. The van der Waals surface area contributed by atoms with Crippen LogP contribution in [0.25, 0.3) is 0 Å². The van der Waals surface area contributed by atoms with E-state index in [9.17, 15) is 4.79 Å². The second-order valence-electron chi connectivity index (χ2n) is 4.17. The highest BCUT2D eigenvalue weighted by molar-refractivity contribution is 7.98. The van der Waals surface area contributed by atoms with Crippen molar-refractivity contribution in [3.05, 3.63) is 24.3 Å². The minimum Gasteiger partial charge on any atom is -0.302 e. The van der Waals surface area contributed by atoms with Crippen LogP contribution in [0.15, 0.2) is 34.3 Å². The number of nitrogens with zero attached hydrogens (tertiary/aromatic N) is 3. The molecule has 0 radical (unpaired) electrons. The van der Waals surface area contributed by atoms with Gasteiger partial charge in [0.2, 0.25) is 5.91 Å². The molecule has 5 heteroatoms. The molecule has 96 valence electrons. The Balaban J connectivity index is 2.13. The fourth-order valence-corrected chi connectivity index (χ4v) is 2.21. The van der Waals surface area contributed by atoms with Crippen molar-refractivity contribution in [1.82, 2.24) is 4.90 Å². The van der Waals surface area contributed by atoms with Gasteiger partial charge in [-0.25, -0.2) is 0 Å². The predicted molar refractivity (Wildman–Crippen MR) is 76.1 cm³/mol. The summed E-state index contributed by atoms with van der Waals surface area (Å²) in [6.45, 7) is 2.38. The van der Waals surface area contributed by atoms with Crippen molar-refractivity contribution in [3.63, 3.8) is 0 Å². The Morgan fingerprint density at radius 1 is 1.39 bits per heavy atom. The molecule has 2 rings (SSSR count). The van der Waals surface area contributed by atoms with Gasteiger partial charge in [-0.1, -0.05) is 0 Å². The van der Waals surface area contributed by atoms with Gasteiger partial charge in [0.1, 0.15) is 5.84 Å². The zero-order valence-electron chi connectivity index (χ0n) is 10.9. The fourth-order valence-electron chi connectivity index (χ4n) is 1.80. The van der Waals surface area contributed by atoms with Crippen LogP contribution in [-0.2, 0) is 4.79 Å². The van der Waals surface area contributed by atoms with Gasteiger partial charge in [-0.15, -0.1) is 11.8 Å². The van der Waals surface area contributed by atoms with E-state index < -0.39 is 0 Å². The molecule has 0 bridgehead atoms. The molecule has 0 fully saturated rings. The molecule has 1 heterocycles. The summed E-state index contributed by atoms with van der Waals surface area (Å²) < 4.78 is 0. The normalized spacial score (nSPS) is 14.6. The zero-order valence-corrected chi connectivity index (χ0v) is 11.7. The lowest BCUT2D eigenvalue weighted by molar-refractivity contribution is -0.124. The zero-order chi connectivity index (χ0) is 13.1. The Bertz CT molecular complexity index is 470. The van der Waals surface area contributed by atoms with Crippen molar-refractivity contribution >= 4 is 29.2 Å². The third-order valence-electron chi connectivity index (χ3n) is 3.01. The van der Waals surface area contributed by atoms with Crippen LogP contribution in [0.4, 0.5) is 5.69 Å². The van der Waals surface area contributed by atoms with E-state index >= 15 is 0 Å². The van der Waals surface area contributed by atoms with Crippen molar-refractivity contribution in [2.24, 2.45) is 5.10 Å². The molecule has 1 aliphatic rings. The van der Waals surface area contributed by atoms with E-state index in [1.807, 2.05) is 5.01 Å². The molecule has 0 atom stereocenters. The lowest BCUT2D eigenvalue weighted by Gasteiger charge is -2.14. The molecule has 18 heavy (non-hydrogen) atoms. The summed E-state index contributed by atoms with van der Waals surface area (Å²) in [5.74, 6) is 0.852. The van der Waals surface area contributed by atoms with Gasteiger partial charge in [0.15, 0.2) is 0 Å². The molecule has 4 nitrogen and oxygen atoms in total. The molecule has 0 aliphatic carbocycles. The standard InChI is InChI=1S/C13H17N3OS/c1-10(17)15(2)13-8-9-16(14-13)11-4-6-12(18-3)7-5-11/h4-7H,8-9H2,1-3H3. The molecular formula is C13H17N3OS. The van der Waals surface area contributed by atoms with E-state index in [1.54, 1.807) is 30.6 Å². The van der Waals surface area contributed by atoms with Gasteiger partial charge in [-0.2, -0.15) is 5.10 Å². The number of hydrazone groups is 1. The quantitative estimate of drug-likeness (QED) is 0.769. The molecule has 0 N–H and O–H groups in total. The number of anilines is 1. The van der Waals surface area contributed by atoms with Crippen molar-refractivity contribution < 1.29 is 4.79 Å². The number of hydrogen-bond donors (Lipinski definition) is 0. The Kier molecular flexibility index (Phi) is 3.91. The summed E-state index contributed by atoms with van der Waals surface area (Å²) >= 11 is 1.72. The topological polar surface area (TPSA) is 35.9 Å². The molecule has 1 amide bonds.